The van der Waals surface area contributed by atoms with Crippen molar-refractivity contribution in [1.82, 2.24) is 15.1 Å². The van der Waals surface area contributed by atoms with Crippen LogP contribution in [0.4, 0.5) is 16.3 Å². The molecule has 14 heavy (non-hydrogen) atoms. The van der Waals surface area contributed by atoms with Crippen molar-refractivity contribution in [2.75, 3.05) is 17.6 Å². The van der Waals surface area contributed by atoms with E-state index in [0.29, 0.717) is 18.1 Å². The van der Waals surface area contributed by atoms with Gasteiger partial charge in [0.1, 0.15) is 11.5 Å². The Kier molecular flexibility index (Phi) is 3.33. The van der Waals surface area contributed by atoms with Crippen LogP contribution in [-0.2, 0) is 7.05 Å². The van der Waals surface area contributed by atoms with Crippen molar-refractivity contribution in [3.8, 4) is 0 Å². The standard InChI is InChI=1S/C8H15N5O/c1-3-4-10-8(14)12-6-5-11-13(2)7(6)9/h5H,3-4,9H2,1-2H3,(H2,10,12,14). The molecule has 0 saturated heterocycles. The monoisotopic (exact) mass is 197 g/mol. The number of nitrogens with zero attached hydrogens (tertiary/aromatic N) is 2. The molecule has 1 rings (SSSR count). The van der Waals surface area contributed by atoms with Gasteiger partial charge in [-0.05, 0) is 6.42 Å². The van der Waals surface area contributed by atoms with Gasteiger partial charge in [0.15, 0.2) is 0 Å². The van der Waals surface area contributed by atoms with E-state index in [1.165, 1.54) is 10.9 Å². The number of nitrogens with one attached hydrogen (secondary N) is 2. The maximum Gasteiger partial charge on any atom is 0.319 e. The normalized spacial score (nSPS) is 9.86. The minimum absolute atomic E-state index is 0.258. The number of carbonyl (C=O) groups excluding carboxylic acids is 1. The molecule has 0 spiro atoms. The lowest BCUT2D eigenvalue weighted by molar-refractivity contribution is 0.252. The van der Waals surface area contributed by atoms with Crippen molar-refractivity contribution in [3.63, 3.8) is 0 Å². The second kappa shape index (κ2) is 4.50. The van der Waals surface area contributed by atoms with Gasteiger partial charge in [-0.15, -0.1) is 0 Å². The Balaban J connectivity index is 2.52. The number of aryl methyl sites for hydroxylation is 1. The molecule has 4 N–H and O–H groups in total. The molecule has 6 heteroatoms. The number of aromatic nitrogens is 2. The maximum absolute atomic E-state index is 11.2. The summed E-state index contributed by atoms with van der Waals surface area (Å²) >= 11 is 0. The highest BCUT2D eigenvalue weighted by atomic mass is 16.2. The van der Waals surface area contributed by atoms with Crippen LogP contribution in [-0.4, -0.2) is 22.4 Å². The van der Waals surface area contributed by atoms with Crippen molar-refractivity contribution in [2.45, 2.75) is 13.3 Å². The zero-order chi connectivity index (χ0) is 10.6. The molecule has 0 bridgehead atoms. The molecule has 1 aromatic heterocycles. The van der Waals surface area contributed by atoms with Gasteiger partial charge in [-0.25, -0.2) is 4.79 Å². The first-order chi connectivity index (χ1) is 6.65. The molecule has 0 atom stereocenters. The van der Waals surface area contributed by atoms with Crippen LogP contribution in [0.1, 0.15) is 13.3 Å². The molecule has 1 aromatic rings. The number of nitrogen functional groups attached to an aromatic ring is 1. The highest BCUT2D eigenvalue weighted by Gasteiger charge is 2.07. The van der Waals surface area contributed by atoms with E-state index in [4.69, 9.17) is 5.73 Å². The van der Waals surface area contributed by atoms with Crippen molar-refractivity contribution in [1.29, 1.82) is 0 Å². The highest BCUT2D eigenvalue weighted by molar-refractivity contribution is 5.91. The lowest BCUT2D eigenvalue weighted by Crippen LogP contribution is -2.29. The van der Waals surface area contributed by atoms with Crippen molar-refractivity contribution < 1.29 is 4.79 Å². The highest BCUT2D eigenvalue weighted by Crippen LogP contribution is 2.14. The average molecular weight is 197 g/mol. The number of hydrogen-bond donors (Lipinski definition) is 3. The summed E-state index contributed by atoms with van der Waals surface area (Å²) in [6, 6.07) is -0.258. The van der Waals surface area contributed by atoms with Crippen LogP contribution in [0.5, 0.6) is 0 Å². The molecule has 0 fully saturated rings. The molecule has 0 aromatic carbocycles. The number of carbonyl (C=O) groups is 1. The Morgan fingerprint density at radius 2 is 2.43 bits per heavy atom. The van der Waals surface area contributed by atoms with E-state index in [-0.39, 0.29) is 6.03 Å². The predicted molar refractivity (Wildman–Crippen MR) is 54.9 cm³/mol. The van der Waals surface area contributed by atoms with Crippen LogP contribution < -0.4 is 16.4 Å². The van der Waals surface area contributed by atoms with Gasteiger partial charge in [-0.2, -0.15) is 5.10 Å². The molecule has 2 amide bonds. The number of hydrogen-bond acceptors (Lipinski definition) is 3. The van der Waals surface area contributed by atoms with E-state index >= 15 is 0 Å². The van der Waals surface area contributed by atoms with Gasteiger partial charge in [-0.1, -0.05) is 6.92 Å². The van der Waals surface area contributed by atoms with Gasteiger partial charge in [-0.3, -0.25) is 4.68 Å². The summed E-state index contributed by atoms with van der Waals surface area (Å²) in [4.78, 5) is 11.2. The van der Waals surface area contributed by atoms with Crippen LogP contribution in [0.15, 0.2) is 6.20 Å². The fraction of sp³-hybridized carbons (Fsp3) is 0.500. The van der Waals surface area contributed by atoms with E-state index in [2.05, 4.69) is 15.7 Å². The molecule has 1 heterocycles. The quantitative estimate of drug-likeness (QED) is 0.661. The average Bonchev–Trinajstić information content (AvgIpc) is 2.46. The SMILES string of the molecule is CCCNC(=O)Nc1cnn(C)c1N. The Bertz CT molecular complexity index is 320. The molecule has 0 aliphatic heterocycles. The third-order valence-electron chi connectivity index (χ3n) is 1.77. The van der Waals surface area contributed by atoms with Crippen molar-refractivity contribution in [3.05, 3.63) is 6.20 Å². The molecule has 6 nitrogen and oxygen atoms in total. The first kappa shape index (κ1) is 10.4. The molecule has 0 unspecified atom stereocenters. The third kappa shape index (κ3) is 2.38. The molecule has 0 saturated carbocycles. The summed E-state index contributed by atoms with van der Waals surface area (Å²) in [7, 11) is 1.71. The maximum atomic E-state index is 11.2. The number of rotatable bonds is 3. The Morgan fingerprint density at radius 1 is 1.71 bits per heavy atom. The van der Waals surface area contributed by atoms with Gasteiger partial charge < -0.3 is 16.4 Å². The molecule has 0 radical (unpaired) electrons. The van der Waals surface area contributed by atoms with Gasteiger partial charge in [0, 0.05) is 13.6 Å². The summed E-state index contributed by atoms with van der Waals surface area (Å²) in [5, 5.41) is 9.18. The van der Waals surface area contributed by atoms with Crippen LogP contribution in [0.25, 0.3) is 0 Å². The summed E-state index contributed by atoms with van der Waals surface area (Å²) in [5.41, 5.74) is 6.17. The van der Waals surface area contributed by atoms with E-state index in [1.807, 2.05) is 6.92 Å². The number of anilines is 2. The Labute approximate surface area is 82.5 Å². The second-order valence-corrected chi connectivity index (χ2v) is 2.95. The zero-order valence-corrected chi connectivity index (χ0v) is 8.37. The van der Waals surface area contributed by atoms with Crippen LogP contribution in [0.2, 0.25) is 0 Å². The minimum atomic E-state index is -0.258. The molecular formula is C8H15N5O. The van der Waals surface area contributed by atoms with Crippen LogP contribution >= 0.6 is 0 Å². The largest absolute Gasteiger partial charge is 0.382 e. The fourth-order valence-corrected chi connectivity index (χ4v) is 0.948. The summed E-state index contributed by atoms with van der Waals surface area (Å²) in [6.45, 7) is 2.63. The summed E-state index contributed by atoms with van der Waals surface area (Å²) < 4.78 is 1.50. The predicted octanol–water partition coefficient (Wildman–Crippen LogP) is 0.534. The lowest BCUT2D eigenvalue weighted by atomic mass is 10.5. The van der Waals surface area contributed by atoms with Gasteiger partial charge >= 0.3 is 6.03 Å². The van der Waals surface area contributed by atoms with Crippen molar-refractivity contribution in [2.24, 2.45) is 7.05 Å². The van der Waals surface area contributed by atoms with Crippen LogP contribution in [0, 0.1) is 0 Å². The van der Waals surface area contributed by atoms with E-state index in [0.717, 1.165) is 6.42 Å². The number of nitrogens with two attached hydrogens (primary N) is 1. The smallest absolute Gasteiger partial charge is 0.319 e. The first-order valence-corrected chi connectivity index (χ1v) is 4.47. The third-order valence-corrected chi connectivity index (χ3v) is 1.77. The summed E-state index contributed by atoms with van der Waals surface area (Å²) in [6.07, 6.45) is 2.41. The number of amides is 2. The second-order valence-electron chi connectivity index (χ2n) is 2.95. The van der Waals surface area contributed by atoms with Crippen molar-refractivity contribution >= 4 is 17.5 Å². The molecule has 0 aliphatic rings. The zero-order valence-electron chi connectivity index (χ0n) is 8.37. The van der Waals surface area contributed by atoms with Gasteiger partial charge in [0.25, 0.3) is 0 Å². The minimum Gasteiger partial charge on any atom is -0.382 e. The molecular weight excluding hydrogens is 182 g/mol. The summed E-state index contributed by atoms with van der Waals surface area (Å²) in [5.74, 6) is 0.441. The van der Waals surface area contributed by atoms with Gasteiger partial charge in [0.2, 0.25) is 0 Å². The fourth-order valence-electron chi connectivity index (χ4n) is 0.948. The number of urea groups is 1. The van der Waals surface area contributed by atoms with Crippen LogP contribution in [0.3, 0.4) is 0 Å². The van der Waals surface area contributed by atoms with E-state index in [9.17, 15) is 4.79 Å². The Hall–Kier alpha value is -1.72. The van der Waals surface area contributed by atoms with E-state index in [1.54, 1.807) is 7.05 Å². The Morgan fingerprint density at radius 3 is 2.93 bits per heavy atom. The molecule has 0 aliphatic carbocycles. The molecule has 78 valence electrons. The van der Waals surface area contributed by atoms with Gasteiger partial charge in [0.05, 0.1) is 6.20 Å². The van der Waals surface area contributed by atoms with E-state index < -0.39 is 0 Å². The lowest BCUT2D eigenvalue weighted by Gasteiger charge is -2.05. The topological polar surface area (TPSA) is 85.0 Å². The first-order valence-electron chi connectivity index (χ1n) is 4.47.